The molecule has 0 aliphatic carbocycles. The predicted molar refractivity (Wildman–Crippen MR) is 96.4 cm³/mol. The quantitative estimate of drug-likeness (QED) is 0.609. The molecule has 1 fully saturated rings. The van der Waals surface area contributed by atoms with Crippen molar-refractivity contribution < 1.29 is 9.59 Å². The van der Waals surface area contributed by atoms with Crippen LogP contribution in [0.3, 0.4) is 0 Å². The maximum absolute atomic E-state index is 12.5. The number of unbranched alkanes of at least 4 members (excludes halogenated alkanes) is 1. The maximum atomic E-state index is 12.5. The first-order valence-corrected chi connectivity index (χ1v) is 8.83. The van der Waals surface area contributed by atoms with Crippen LogP contribution in [-0.2, 0) is 16.1 Å². The second kappa shape index (κ2) is 8.16. The standard InChI is InChI=1S/C18H21ClN4O2/c19-14-3-5-15(6-4-14)23-11-7-16(18(23)25)17(24)21-8-1-2-10-22-12-9-20-13-22/h3-6,9,12-13,16H,1-2,7-8,10-11H2,(H,21,24). The fourth-order valence-electron chi connectivity index (χ4n) is 2.97. The summed E-state index contributed by atoms with van der Waals surface area (Å²) in [4.78, 5) is 30.4. The van der Waals surface area contributed by atoms with E-state index in [0.29, 0.717) is 24.5 Å². The van der Waals surface area contributed by atoms with Crippen molar-refractivity contribution in [3.8, 4) is 0 Å². The minimum absolute atomic E-state index is 0.141. The number of aryl methyl sites for hydroxylation is 1. The summed E-state index contributed by atoms with van der Waals surface area (Å²) in [6.45, 7) is 2.01. The summed E-state index contributed by atoms with van der Waals surface area (Å²) >= 11 is 5.88. The third kappa shape index (κ3) is 4.39. The number of rotatable bonds is 7. The van der Waals surface area contributed by atoms with E-state index in [1.165, 1.54) is 0 Å². The van der Waals surface area contributed by atoms with Gasteiger partial charge in [0, 0.05) is 42.7 Å². The molecule has 1 saturated heterocycles. The predicted octanol–water partition coefficient (Wildman–Crippen LogP) is 2.49. The van der Waals surface area contributed by atoms with Gasteiger partial charge in [0.15, 0.2) is 0 Å². The molecule has 2 aromatic rings. The molecule has 1 aromatic carbocycles. The summed E-state index contributed by atoms with van der Waals surface area (Å²) in [5.74, 6) is -0.911. The number of halogens is 1. The molecular weight excluding hydrogens is 340 g/mol. The van der Waals surface area contributed by atoms with Gasteiger partial charge >= 0.3 is 0 Å². The van der Waals surface area contributed by atoms with Crippen molar-refractivity contribution in [2.45, 2.75) is 25.8 Å². The molecule has 0 saturated carbocycles. The van der Waals surface area contributed by atoms with Gasteiger partial charge in [0.05, 0.1) is 6.33 Å². The number of hydrogen-bond acceptors (Lipinski definition) is 3. The molecule has 7 heteroatoms. The Morgan fingerprint density at radius 1 is 1.28 bits per heavy atom. The van der Waals surface area contributed by atoms with Crippen molar-refractivity contribution in [2.24, 2.45) is 5.92 Å². The number of hydrogen-bond donors (Lipinski definition) is 1. The Morgan fingerprint density at radius 3 is 2.80 bits per heavy atom. The molecule has 3 rings (SSSR count). The Bertz CT molecular complexity index is 715. The van der Waals surface area contributed by atoms with E-state index in [1.807, 2.05) is 10.8 Å². The zero-order valence-electron chi connectivity index (χ0n) is 13.9. The largest absolute Gasteiger partial charge is 0.355 e. The van der Waals surface area contributed by atoms with E-state index in [4.69, 9.17) is 11.6 Å². The van der Waals surface area contributed by atoms with Crippen LogP contribution in [0, 0.1) is 5.92 Å². The van der Waals surface area contributed by atoms with E-state index >= 15 is 0 Å². The number of carbonyl (C=O) groups is 2. The third-order valence-electron chi connectivity index (χ3n) is 4.36. The van der Waals surface area contributed by atoms with Crippen LogP contribution in [0.5, 0.6) is 0 Å². The molecule has 1 N–H and O–H groups in total. The van der Waals surface area contributed by atoms with Crippen molar-refractivity contribution in [3.05, 3.63) is 48.0 Å². The van der Waals surface area contributed by atoms with Crippen LogP contribution in [0.4, 0.5) is 5.69 Å². The van der Waals surface area contributed by atoms with Crippen molar-refractivity contribution >= 4 is 29.1 Å². The van der Waals surface area contributed by atoms with Crippen LogP contribution in [0.25, 0.3) is 0 Å². The van der Waals surface area contributed by atoms with Gasteiger partial charge in [0.1, 0.15) is 5.92 Å². The SMILES string of the molecule is O=C(NCCCCn1ccnc1)C1CCN(c2ccc(Cl)cc2)C1=O. The number of amides is 2. The van der Waals surface area contributed by atoms with Gasteiger partial charge in [-0.3, -0.25) is 9.59 Å². The highest BCUT2D eigenvalue weighted by molar-refractivity contribution is 6.30. The second-order valence-electron chi connectivity index (χ2n) is 6.11. The molecule has 132 valence electrons. The lowest BCUT2D eigenvalue weighted by atomic mass is 10.1. The Morgan fingerprint density at radius 2 is 2.08 bits per heavy atom. The number of aromatic nitrogens is 2. The van der Waals surface area contributed by atoms with E-state index in [1.54, 1.807) is 41.7 Å². The van der Waals surface area contributed by atoms with E-state index in [2.05, 4.69) is 10.3 Å². The highest BCUT2D eigenvalue weighted by Gasteiger charge is 2.37. The van der Waals surface area contributed by atoms with E-state index in [-0.39, 0.29) is 11.8 Å². The van der Waals surface area contributed by atoms with E-state index in [0.717, 1.165) is 25.1 Å². The molecule has 0 radical (unpaired) electrons. The van der Waals surface area contributed by atoms with Gasteiger partial charge in [0.25, 0.3) is 0 Å². The first kappa shape index (κ1) is 17.5. The smallest absolute Gasteiger partial charge is 0.239 e. The van der Waals surface area contributed by atoms with Crippen LogP contribution in [0.2, 0.25) is 5.02 Å². The highest BCUT2D eigenvalue weighted by Crippen LogP contribution is 2.26. The number of imidazole rings is 1. The summed E-state index contributed by atoms with van der Waals surface area (Å²) in [5, 5.41) is 3.51. The fraction of sp³-hybridized carbons (Fsp3) is 0.389. The van der Waals surface area contributed by atoms with Gasteiger partial charge in [-0.05, 0) is 43.5 Å². The van der Waals surface area contributed by atoms with Gasteiger partial charge < -0.3 is 14.8 Å². The van der Waals surface area contributed by atoms with Crippen molar-refractivity contribution in [3.63, 3.8) is 0 Å². The lowest BCUT2D eigenvalue weighted by Crippen LogP contribution is -2.37. The minimum atomic E-state index is -0.593. The molecule has 1 atom stereocenters. The van der Waals surface area contributed by atoms with Gasteiger partial charge in [-0.25, -0.2) is 4.98 Å². The normalized spacial score (nSPS) is 17.1. The Hall–Kier alpha value is -2.34. The van der Waals surface area contributed by atoms with Crippen molar-refractivity contribution in [2.75, 3.05) is 18.0 Å². The van der Waals surface area contributed by atoms with E-state index < -0.39 is 5.92 Å². The number of benzene rings is 1. The lowest BCUT2D eigenvalue weighted by Gasteiger charge is -2.16. The summed E-state index contributed by atoms with van der Waals surface area (Å²) in [5.41, 5.74) is 0.782. The fourth-order valence-corrected chi connectivity index (χ4v) is 3.10. The molecule has 0 spiro atoms. The summed E-state index contributed by atoms with van der Waals surface area (Å²) < 4.78 is 2.01. The van der Waals surface area contributed by atoms with Gasteiger partial charge in [0.2, 0.25) is 11.8 Å². The summed E-state index contributed by atoms with van der Waals surface area (Å²) in [6, 6.07) is 7.10. The molecule has 1 aliphatic heterocycles. The minimum Gasteiger partial charge on any atom is -0.355 e. The Balaban J connectivity index is 1.43. The van der Waals surface area contributed by atoms with Crippen molar-refractivity contribution in [1.29, 1.82) is 0 Å². The van der Waals surface area contributed by atoms with Crippen LogP contribution in [0.1, 0.15) is 19.3 Å². The Labute approximate surface area is 151 Å². The maximum Gasteiger partial charge on any atom is 0.239 e. The molecule has 1 aliphatic rings. The molecule has 25 heavy (non-hydrogen) atoms. The molecule has 6 nitrogen and oxygen atoms in total. The number of nitrogens with zero attached hydrogens (tertiary/aromatic N) is 3. The molecule has 1 unspecified atom stereocenters. The first-order valence-electron chi connectivity index (χ1n) is 8.45. The monoisotopic (exact) mass is 360 g/mol. The molecular formula is C18H21ClN4O2. The van der Waals surface area contributed by atoms with Crippen LogP contribution < -0.4 is 10.2 Å². The van der Waals surface area contributed by atoms with Crippen molar-refractivity contribution in [1.82, 2.24) is 14.9 Å². The zero-order valence-corrected chi connectivity index (χ0v) is 14.7. The lowest BCUT2D eigenvalue weighted by molar-refractivity contribution is -0.132. The van der Waals surface area contributed by atoms with Crippen LogP contribution in [-0.4, -0.2) is 34.5 Å². The topological polar surface area (TPSA) is 67.2 Å². The molecule has 2 amide bonds. The zero-order chi connectivity index (χ0) is 17.6. The average Bonchev–Trinajstić information content (AvgIpc) is 3.25. The Kier molecular flexibility index (Phi) is 5.71. The molecule has 2 heterocycles. The molecule has 0 bridgehead atoms. The van der Waals surface area contributed by atoms with Gasteiger partial charge in [-0.1, -0.05) is 11.6 Å². The number of nitrogens with one attached hydrogen (secondary N) is 1. The van der Waals surface area contributed by atoms with E-state index in [9.17, 15) is 9.59 Å². The third-order valence-corrected chi connectivity index (χ3v) is 4.61. The average molecular weight is 361 g/mol. The first-order chi connectivity index (χ1) is 12.1. The van der Waals surface area contributed by atoms with Crippen LogP contribution >= 0.6 is 11.6 Å². The second-order valence-corrected chi connectivity index (χ2v) is 6.54. The van der Waals surface area contributed by atoms with Gasteiger partial charge in [-0.15, -0.1) is 0 Å². The number of carbonyl (C=O) groups excluding carboxylic acids is 2. The summed E-state index contributed by atoms with van der Waals surface area (Å²) in [6.07, 6.45) is 7.81. The van der Waals surface area contributed by atoms with Crippen LogP contribution in [0.15, 0.2) is 43.0 Å². The molecule has 1 aromatic heterocycles. The highest BCUT2D eigenvalue weighted by atomic mass is 35.5. The number of anilines is 1. The summed E-state index contributed by atoms with van der Waals surface area (Å²) in [7, 11) is 0. The van der Waals surface area contributed by atoms with Gasteiger partial charge in [-0.2, -0.15) is 0 Å².